The van der Waals surface area contributed by atoms with Gasteiger partial charge in [0.1, 0.15) is 23.6 Å². The number of aromatic nitrogens is 3. The number of aryl methyl sites for hydroxylation is 1. The summed E-state index contributed by atoms with van der Waals surface area (Å²) in [6.07, 6.45) is 4.31. The van der Waals surface area contributed by atoms with Crippen LogP contribution in [0.3, 0.4) is 0 Å². The number of carbonyl (C=O) groups is 1. The number of amides is 1. The Kier molecular flexibility index (Phi) is 4.14. The minimum absolute atomic E-state index is 0.0642. The van der Waals surface area contributed by atoms with E-state index in [9.17, 15) is 9.59 Å². The first-order valence-corrected chi connectivity index (χ1v) is 8.93. The summed E-state index contributed by atoms with van der Waals surface area (Å²) in [7, 11) is 1.61. The fourth-order valence-corrected chi connectivity index (χ4v) is 3.87. The molecule has 0 spiro atoms. The summed E-state index contributed by atoms with van der Waals surface area (Å²) in [4.78, 5) is 25.2. The molecule has 0 unspecified atom stereocenters. The maximum atomic E-state index is 12.9. The SMILES string of the molecule is COc1cccc2c1cc1c(=O)n(CC(=O)NC3CCCC3)nc(C)n12. The van der Waals surface area contributed by atoms with E-state index >= 15 is 0 Å². The zero-order chi connectivity index (χ0) is 18.3. The van der Waals surface area contributed by atoms with E-state index in [-0.39, 0.29) is 24.1 Å². The van der Waals surface area contributed by atoms with Crippen molar-refractivity contribution in [3.8, 4) is 5.75 Å². The van der Waals surface area contributed by atoms with E-state index in [1.807, 2.05) is 29.5 Å². The highest BCUT2D eigenvalue weighted by atomic mass is 16.5. The summed E-state index contributed by atoms with van der Waals surface area (Å²) >= 11 is 0. The van der Waals surface area contributed by atoms with Gasteiger partial charge < -0.3 is 10.1 Å². The lowest BCUT2D eigenvalue weighted by Crippen LogP contribution is -2.38. The predicted octanol–water partition coefficient (Wildman–Crippen LogP) is 2.03. The first kappa shape index (κ1) is 16.6. The number of nitrogens with one attached hydrogen (secondary N) is 1. The van der Waals surface area contributed by atoms with Crippen LogP contribution < -0.4 is 15.6 Å². The molecule has 1 fully saturated rings. The highest BCUT2D eigenvalue weighted by Crippen LogP contribution is 2.28. The average Bonchev–Trinajstić information content (AvgIpc) is 3.26. The van der Waals surface area contributed by atoms with Gasteiger partial charge in [0.15, 0.2) is 0 Å². The van der Waals surface area contributed by atoms with E-state index < -0.39 is 0 Å². The van der Waals surface area contributed by atoms with E-state index in [0.29, 0.717) is 17.1 Å². The van der Waals surface area contributed by atoms with Crippen LogP contribution in [0.1, 0.15) is 31.5 Å². The average molecular weight is 354 g/mol. The Balaban J connectivity index is 1.75. The molecule has 0 radical (unpaired) electrons. The third kappa shape index (κ3) is 2.73. The summed E-state index contributed by atoms with van der Waals surface area (Å²) in [5, 5.41) is 8.21. The van der Waals surface area contributed by atoms with E-state index in [0.717, 1.165) is 36.6 Å². The molecule has 4 rings (SSSR count). The van der Waals surface area contributed by atoms with Gasteiger partial charge in [-0.2, -0.15) is 5.10 Å². The molecule has 3 aromatic rings. The number of methoxy groups -OCH3 is 1. The van der Waals surface area contributed by atoms with Gasteiger partial charge in [0.25, 0.3) is 5.56 Å². The standard InChI is InChI=1S/C19H22N4O3/c1-12-21-22(11-18(24)20-13-6-3-4-7-13)19(25)16-10-14-15(23(12)16)8-5-9-17(14)26-2/h5,8-10,13H,3-4,6-7,11H2,1-2H3,(H,20,24). The van der Waals surface area contributed by atoms with Crippen molar-refractivity contribution in [3.05, 3.63) is 40.4 Å². The van der Waals surface area contributed by atoms with Gasteiger partial charge in [-0.3, -0.25) is 14.0 Å². The molecule has 1 aliphatic carbocycles. The van der Waals surface area contributed by atoms with Crippen molar-refractivity contribution < 1.29 is 9.53 Å². The second-order valence-electron chi connectivity index (χ2n) is 6.82. The number of hydrogen-bond donors (Lipinski definition) is 1. The second kappa shape index (κ2) is 6.48. The molecule has 0 atom stereocenters. The highest BCUT2D eigenvalue weighted by molar-refractivity contribution is 5.92. The number of nitrogens with zero attached hydrogens (tertiary/aromatic N) is 3. The normalized spacial score (nSPS) is 15.0. The van der Waals surface area contributed by atoms with Crippen LogP contribution >= 0.6 is 0 Å². The number of fused-ring (bicyclic) bond motifs is 3. The minimum atomic E-state index is -0.282. The molecule has 2 heterocycles. The van der Waals surface area contributed by atoms with Crippen molar-refractivity contribution in [2.45, 2.75) is 45.2 Å². The van der Waals surface area contributed by atoms with Gasteiger partial charge >= 0.3 is 0 Å². The van der Waals surface area contributed by atoms with Gasteiger partial charge in [0.05, 0.1) is 12.6 Å². The molecule has 1 amide bonds. The quantitative estimate of drug-likeness (QED) is 0.778. The van der Waals surface area contributed by atoms with Crippen molar-refractivity contribution in [1.29, 1.82) is 0 Å². The summed E-state index contributed by atoms with van der Waals surface area (Å²) < 4.78 is 8.46. The topological polar surface area (TPSA) is 77.6 Å². The fraction of sp³-hybridized carbons (Fsp3) is 0.421. The maximum Gasteiger partial charge on any atom is 0.291 e. The zero-order valence-corrected chi connectivity index (χ0v) is 15.0. The minimum Gasteiger partial charge on any atom is -0.496 e. The van der Waals surface area contributed by atoms with Crippen LogP contribution in [0.5, 0.6) is 5.75 Å². The predicted molar refractivity (Wildman–Crippen MR) is 98.6 cm³/mol. The van der Waals surface area contributed by atoms with Gasteiger partial charge in [0, 0.05) is 11.4 Å². The smallest absolute Gasteiger partial charge is 0.291 e. The first-order valence-electron chi connectivity index (χ1n) is 8.93. The Morgan fingerprint density at radius 3 is 2.81 bits per heavy atom. The van der Waals surface area contributed by atoms with Crippen LogP contribution in [0, 0.1) is 6.92 Å². The molecule has 7 heteroatoms. The third-order valence-electron chi connectivity index (χ3n) is 5.08. The molecule has 2 aromatic heterocycles. The Bertz CT molecular complexity index is 1040. The molecule has 0 aliphatic heterocycles. The summed E-state index contributed by atoms with van der Waals surface area (Å²) in [5.74, 6) is 1.19. The van der Waals surface area contributed by atoms with Gasteiger partial charge in [0.2, 0.25) is 5.91 Å². The second-order valence-corrected chi connectivity index (χ2v) is 6.82. The molecular formula is C19H22N4O3. The van der Waals surface area contributed by atoms with Gasteiger partial charge in [-0.1, -0.05) is 18.9 Å². The number of hydrogen-bond acceptors (Lipinski definition) is 4. The van der Waals surface area contributed by atoms with Crippen molar-refractivity contribution >= 4 is 22.3 Å². The lowest BCUT2D eigenvalue weighted by Gasteiger charge is -2.13. The van der Waals surface area contributed by atoms with Crippen LogP contribution in [-0.4, -0.2) is 33.2 Å². The monoisotopic (exact) mass is 354 g/mol. The molecule has 0 saturated heterocycles. The van der Waals surface area contributed by atoms with Gasteiger partial charge in [-0.25, -0.2) is 4.68 Å². The van der Waals surface area contributed by atoms with Gasteiger partial charge in [-0.15, -0.1) is 0 Å². The van der Waals surface area contributed by atoms with Crippen LogP contribution in [0.2, 0.25) is 0 Å². The van der Waals surface area contributed by atoms with E-state index in [1.54, 1.807) is 13.2 Å². The zero-order valence-electron chi connectivity index (χ0n) is 15.0. The lowest BCUT2D eigenvalue weighted by molar-refractivity contribution is -0.122. The van der Waals surface area contributed by atoms with Crippen LogP contribution in [0.25, 0.3) is 16.4 Å². The maximum absolute atomic E-state index is 12.9. The summed E-state index contributed by atoms with van der Waals surface area (Å²) in [6.45, 7) is 1.77. The highest BCUT2D eigenvalue weighted by Gasteiger charge is 2.19. The first-order chi connectivity index (χ1) is 12.6. The Labute approximate surface area is 150 Å². The third-order valence-corrected chi connectivity index (χ3v) is 5.08. The van der Waals surface area contributed by atoms with Crippen molar-refractivity contribution in [2.75, 3.05) is 7.11 Å². The number of carbonyl (C=O) groups excluding carboxylic acids is 1. The molecular weight excluding hydrogens is 332 g/mol. The number of rotatable bonds is 4. The largest absolute Gasteiger partial charge is 0.496 e. The number of benzene rings is 1. The summed E-state index contributed by atoms with van der Waals surface area (Å²) in [6, 6.07) is 7.70. The van der Waals surface area contributed by atoms with E-state index in [4.69, 9.17) is 4.74 Å². The Morgan fingerprint density at radius 1 is 1.31 bits per heavy atom. The lowest BCUT2D eigenvalue weighted by atomic mass is 10.2. The number of ether oxygens (including phenoxy) is 1. The molecule has 0 bridgehead atoms. The van der Waals surface area contributed by atoms with Crippen molar-refractivity contribution in [3.63, 3.8) is 0 Å². The van der Waals surface area contributed by atoms with E-state index in [1.165, 1.54) is 4.68 Å². The Morgan fingerprint density at radius 2 is 2.08 bits per heavy atom. The molecule has 1 N–H and O–H groups in total. The van der Waals surface area contributed by atoms with Crippen molar-refractivity contribution in [2.24, 2.45) is 0 Å². The fourth-order valence-electron chi connectivity index (χ4n) is 3.87. The van der Waals surface area contributed by atoms with Crippen LogP contribution in [0.4, 0.5) is 0 Å². The molecule has 1 aromatic carbocycles. The van der Waals surface area contributed by atoms with Crippen LogP contribution in [0.15, 0.2) is 29.1 Å². The molecule has 136 valence electrons. The van der Waals surface area contributed by atoms with Crippen molar-refractivity contribution in [1.82, 2.24) is 19.5 Å². The molecule has 26 heavy (non-hydrogen) atoms. The van der Waals surface area contributed by atoms with Crippen LogP contribution in [-0.2, 0) is 11.3 Å². The van der Waals surface area contributed by atoms with E-state index in [2.05, 4.69) is 10.4 Å². The van der Waals surface area contributed by atoms with Gasteiger partial charge in [-0.05, 0) is 38.0 Å². The molecule has 7 nitrogen and oxygen atoms in total. The summed E-state index contributed by atoms with van der Waals surface area (Å²) in [5.41, 5.74) is 1.07. The molecule has 1 aliphatic rings. The molecule has 1 saturated carbocycles. The Hall–Kier alpha value is -2.83.